The molecule has 0 aliphatic rings. The minimum Gasteiger partial charge on any atom is -0.481 e. The number of aliphatic carboxylic acids is 3. The lowest BCUT2D eigenvalue weighted by Crippen LogP contribution is -2.20. The molecule has 1 atom stereocenters. The van der Waals surface area contributed by atoms with Crippen molar-refractivity contribution in [2.24, 2.45) is 0 Å². The number of thioether (sulfide) groups is 1. The predicted molar refractivity (Wildman–Crippen MR) is 80.5 cm³/mol. The van der Waals surface area contributed by atoms with Gasteiger partial charge in [-0.2, -0.15) is 0 Å². The van der Waals surface area contributed by atoms with Crippen molar-refractivity contribution in [2.75, 3.05) is 0 Å². The van der Waals surface area contributed by atoms with E-state index in [9.17, 15) is 14.4 Å². The lowest BCUT2D eigenvalue weighted by molar-refractivity contribution is -0.142. The summed E-state index contributed by atoms with van der Waals surface area (Å²) in [5, 5.41) is 25.4. The number of carboxylic acid groups (broad SMARTS) is 3. The summed E-state index contributed by atoms with van der Waals surface area (Å²) in [4.78, 5) is 36.7. The zero-order valence-electron chi connectivity index (χ0n) is 11.1. The Hall–Kier alpha value is -2.13. The summed E-state index contributed by atoms with van der Waals surface area (Å²) in [6.07, 6.45) is -0.604. The molecule has 7 nitrogen and oxygen atoms in total. The molecule has 0 saturated heterocycles. The third-order valence-corrected chi connectivity index (χ3v) is 4.96. The summed E-state index contributed by atoms with van der Waals surface area (Å²) in [5.41, 5.74) is 1.25. The van der Waals surface area contributed by atoms with Crippen LogP contribution in [0.1, 0.15) is 12.0 Å². The molecule has 1 aromatic carbocycles. The Balaban J connectivity index is 2.22. The quantitative estimate of drug-likeness (QED) is 0.653. The van der Waals surface area contributed by atoms with Crippen LogP contribution >= 0.6 is 23.1 Å². The molecule has 2 aromatic rings. The van der Waals surface area contributed by atoms with Gasteiger partial charge in [0.15, 0.2) is 4.34 Å². The van der Waals surface area contributed by atoms with Gasteiger partial charge in [-0.3, -0.25) is 14.4 Å². The number of rotatable bonds is 7. The monoisotopic (exact) mass is 341 g/mol. The first-order chi connectivity index (χ1) is 10.3. The third-order valence-electron chi connectivity index (χ3n) is 2.67. The zero-order valence-corrected chi connectivity index (χ0v) is 12.7. The summed E-state index contributed by atoms with van der Waals surface area (Å²) in [7, 11) is 0. The highest BCUT2D eigenvalue weighted by atomic mass is 32.2. The number of hydrogen-bond acceptors (Lipinski definition) is 6. The highest BCUT2D eigenvalue weighted by molar-refractivity contribution is 8.02. The van der Waals surface area contributed by atoms with Gasteiger partial charge in [-0.25, -0.2) is 4.98 Å². The number of fused-ring (bicyclic) bond motifs is 1. The maximum absolute atomic E-state index is 11.1. The highest BCUT2D eigenvalue weighted by Crippen LogP contribution is 2.33. The smallest absolute Gasteiger partial charge is 0.317 e. The van der Waals surface area contributed by atoms with E-state index in [0.717, 1.165) is 16.5 Å². The van der Waals surface area contributed by atoms with Gasteiger partial charge in [-0.15, -0.1) is 11.3 Å². The molecule has 1 aromatic heterocycles. The number of carboxylic acids is 3. The van der Waals surface area contributed by atoms with Gasteiger partial charge in [-0.1, -0.05) is 17.8 Å². The summed E-state index contributed by atoms with van der Waals surface area (Å²) >= 11 is 2.10. The number of hydrogen-bond donors (Lipinski definition) is 3. The molecule has 3 N–H and O–H groups in total. The van der Waals surface area contributed by atoms with E-state index in [0.29, 0.717) is 15.4 Å². The Labute approximate surface area is 132 Å². The molecule has 2 rings (SSSR count). The molecule has 0 fully saturated rings. The fourth-order valence-electron chi connectivity index (χ4n) is 1.74. The first kappa shape index (κ1) is 16.2. The van der Waals surface area contributed by atoms with E-state index in [1.54, 1.807) is 18.2 Å². The lowest BCUT2D eigenvalue weighted by Gasteiger charge is -2.06. The summed E-state index contributed by atoms with van der Waals surface area (Å²) in [6.45, 7) is 0. The van der Waals surface area contributed by atoms with E-state index >= 15 is 0 Å². The minimum absolute atomic E-state index is 0.104. The van der Waals surface area contributed by atoms with Crippen LogP contribution in [0.5, 0.6) is 0 Å². The molecule has 0 saturated carbocycles. The van der Waals surface area contributed by atoms with Crippen molar-refractivity contribution in [2.45, 2.75) is 22.4 Å². The first-order valence-corrected chi connectivity index (χ1v) is 7.77. The largest absolute Gasteiger partial charge is 0.481 e. The summed E-state index contributed by atoms with van der Waals surface area (Å²) in [5.74, 6) is -3.34. The fourth-order valence-corrected chi connectivity index (χ4v) is 4.03. The van der Waals surface area contributed by atoms with Crippen molar-refractivity contribution in [3.05, 3.63) is 23.8 Å². The number of aromatic nitrogens is 1. The molecular weight excluding hydrogens is 330 g/mol. The van der Waals surface area contributed by atoms with Gasteiger partial charge >= 0.3 is 17.9 Å². The minimum atomic E-state index is -1.21. The molecule has 1 unspecified atom stereocenters. The second kappa shape index (κ2) is 6.75. The Kier molecular flexibility index (Phi) is 4.99. The van der Waals surface area contributed by atoms with Crippen LogP contribution in [0.4, 0.5) is 0 Å². The molecule has 9 heteroatoms. The number of carbonyl (C=O) groups is 3. The molecule has 0 aliphatic carbocycles. The standard InChI is InChI=1S/C13H11NO6S2/c15-10(16)4-6-1-2-7-8(3-6)21-13(14-7)22-9(12(19)20)5-11(17)18/h1-3,9H,4-5H2,(H,15,16)(H,17,18)(H,19,20). The Morgan fingerprint density at radius 1 is 1.18 bits per heavy atom. The fraction of sp³-hybridized carbons (Fsp3) is 0.231. The first-order valence-electron chi connectivity index (χ1n) is 6.07. The average Bonchev–Trinajstić information content (AvgIpc) is 2.78. The average molecular weight is 341 g/mol. The van der Waals surface area contributed by atoms with E-state index in [-0.39, 0.29) is 6.42 Å². The molecule has 116 valence electrons. The number of benzene rings is 1. The van der Waals surface area contributed by atoms with Crippen molar-refractivity contribution >= 4 is 51.2 Å². The Morgan fingerprint density at radius 2 is 1.91 bits per heavy atom. The Morgan fingerprint density at radius 3 is 2.50 bits per heavy atom. The molecule has 1 heterocycles. The van der Waals surface area contributed by atoms with E-state index in [2.05, 4.69) is 4.98 Å². The SMILES string of the molecule is O=C(O)Cc1ccc2nc(SC(CC(=O)O)C(=O)O)sc2c1. The normalized spacial score (nSPS) is 12.2. The maximum Gasteiger partial charge on any atom is 0.317 e. The molecule has 0 amide bonds. The van der Waals surface area contributed by atoms with E-state index < -0.39 is 29.6 Å². The van der Waals surface area contributed by atoms with Crippen LogP contribution in [0.25, 0.3) is 10.2 Å². The predicted octanol–water partition coefficient (Wildman–Crippen LogP) is 1.94. The van der Waals surface area contributed by atoms with Gasteiger partial charge < -0.3 is 15.3 Å². The van der Waals surface area contributed by atoms with Crippen molar-refractivity contribution in [3.63, 3.8) is 0 Å². The molecular formula is C13H11NO6S2. The topological polar surface area (TPSA) is 125 Å². The number of thiazole rings is 1. The van der Waals surface area contributed by atoms with Gasteiger partial charge in [0.25, 0.3) is 0 Å². The van der Waals surface area contributed by atoms with Gasteiger partial charge in [0.05, 0.1) is 23.1 Å². The van der Waals surface area contributed by atoms with Crippen LogP contribution < -0.4 is 0 Å². The highest BCUT2D eigenvalue weighted by Gasteiger charge is 2.24. The van der Waals surface area contributed by atoms with Crippen molar-refractivity contribution in [1.82, 2.24) is 4.98 Å². The van der Waals surface area contributed by atoms with E-state index in [1.165, 1.54) is 11.3 Å². The number of nitrogens with zero attached hydrogens (tertiary/aromatic N) is 1. The van der Waals surface area contributed by atoms with Crippen LogP contribution in [0.15, 0.2) is 22.5 Å². The molecule has 0 radical (unpaired) electrons. The van der Waals surface area contributed by atoms with Gasteiger partial charge in [0.2, 0.25) is 0 Å². The van der Waals surface area contributed by atoms with Crippen LogP contribution in [-0.4, -0.2) is 43.5 Å². The second-order valence-corrected chi connectivity index (χ2v) is 6.88. The zero-order chi connectivity index (χ0) is 16.3. The van der Waals surface area contributed by atoms with Gasteiger partial charge in [0.1, 0.15) is 5.25 Å². The lowest BCUT2D eigenvalue weighted by atomic mass is 10.1. The van der Waals surface area contributed by atoms with Gasteiger partial charge in [-0.05, 0) is 17.7 Å². The molecule has 0 bridgehead atoms. The molecule has 0 aliphatic heterocycles. The van der Waals surface area contributed by atoms with Crippen LogP contribution in [0, 0.1) is 0 Å². The maximum atomic E-state index is 11.1. The van der Waals surface area contributed by atoms with Crippen LogP contribution in [0.3, 0.4) is 0 Å². The second-order valence-electron chi connectivity index (χ2n) is 4.39. The molecule has 0 spiro atoms. The van der Waals surface area contributed by atoms with Crippen LogP contribution in [0.2, 0.25) is 0 Å². The van der Waals surface area contributed by atoms with Crippen molar-refractivity contribution in [3.8, 4) is 0 Å². The van der Waals surface area contributed by atoms with Crippen molar-refractivity contribution < 1.29 is 29.7 Å². The van der Waals surface area contributed by atoms with Crippen LogP contribution in [-0.2, 0) is 20.8 Å². The van der Waals surface area contributed by atoms with Crippen molar-refractivity contribution in [1.29, 1.82) is 0 Å². The van der Waals surface area contributed by atoms with E-state index in [1.807, 2.05) is 0 Å². The summed E-state index contributed by atoms with van der Waals surface area (Å²) < 4.78 is 1.18. The molecule has 22 heavy (non-hydrogen) atoms. The van der Waals surface area contributed by atoms with Gasteiger partial charge in [0, 0.05) is 0 Å². The Bertz CT molecular complexity index is 741. The summed E-state index contributed by atoms with van der Waals surface area (Å²) in [6, 6.07) is 5.01. The third kappa shape index (κ3) is 4.18. The van der Waals surface area contributed by atoms with E-state index in [4.69, 9.17) is 15.3 Å².